The Morgan fingerprint density at radius 2 is 1.76 bits per heavy atom. The Balaban J connectivity index is 1.50. The van der Waals surface area contributed by atoms with Crippen LogP contribution in [0.15, 0.2) is 97.6 Å². The number of aromatic carboxylic acids is 1. The molecule has 0 unspecified atom stereocenters. The van der Waals surface area contributed by atoms with Crippen LogP contribution in [0.25, 0.3) is 21.7 Å². The SMILES string of the molecule is O=C(O)c1cccc([N+](=O)[O-])c1C(=O)Oc1ccc2ccccc2c1/C=N/NC(=O)c1cc2cc(Br)ccc2oc1=O. The third-order valence-electron chi connectivity index (χ3n) is 6.11. The Morgan fingerprint density at radius 3 is 2.52 bits per heavy atom. The van der Waals surface area contributed by atoms with Crippen molar-refractivity contribution >= 4 is 67.4 Å². The second-order valence-corrected chi connectivity index (χ2v) is 9.59. The fourth-order valence-corrected chi connectivity index (χ4v) is 4.58. The summed E-state index contributed by atoms with van der Waals surface area (Å²) in [5, 5.41) is 26.7. The average molecular weight is 630 g/mol. The van der Waals surface area contributed by atoms with Gasteiger partial charge in [0, 0.05) is 21.5 Å². The van der Waals surface area contributed by atoms with Crippen LogP contribution < -0.4 is 15.8 Å². The highest BCUT2D eigenvalue weighted by Gasteiger charge is 2.29. The van der Waals surface area contributed by atoms with E-state index in [9.17, 15) is 34.4 Å². The molecule has 1 heterocycles. The first-order valence-electron chi connectivity index (χ1n) is 12.0. The van der Waals surface area contributed by atoms with E-state index in [-0.39, 0.29) is 22.5 Å². The molecule has 0 saturated carbocycles. The fourth-order valence-electron chi connectivity index (χ4n) is 4.20. The van der Waals surface area contributed by atoms with Crippen molar-refractivity contribution in [2.75, 3.05) is 0 Å². The van der Waals surface area contributed by atoms with Gasteiger partial charge >= 0.3 is 17.6 Å². The van der Waals surface area contributed by atoms with Gasteiger partial charge in [-0.25, -0.2) is 19.8 Å². The molecular weight excluding hydrogens is 614 g/mol. The van der Waals surface area contributed by atoms with Crippen LogP contribution in [0.2, 0.25) is 0 Å². The van der Waals surface area contributed by atoms with Crippen molar-refractivity contribution in [3.8, 4) is 5.75 Å². The Bertz CT molecular complexity index is 2000. The first-order chi connectivity index (χ1) is 20.1. The molecule has 0 saturated heterocycles. The molecule has 2 N–H and O–H groups in total. The van der Waals surface area contributed by atoms with Crippen molar-refractivity contribution in [1.29, 1.82) is 0 Å². The minimum Gasteiger partial charge on any atom is -0.478 e. The minimum atomic E-state index is -1.56. The molecule has 1 amide bonds. The highest BCUT2D eigenvalue weighted by Crippen LogP contribution is 2.30. The monoisotopic (exact) mass is 629 g/mol. The number of hydrogen-bond donors (Lipinski definition) is 2. The van der Waals surface area contributed by atoms with Gasteiger partial charge in [0.15, 0.2) is 5.56 Å². The third-order valence-corrected chi connectivity index (χ3v) is 6.60. The number of halogens is 1. The number of hydrazone groups is 1. The van der Waals surface area contributed by atoms with E-state index in [1.807, 2.05) is 0 Å². The van der Waals surface area contributed by atoms with Crippen LogP contribution in [0.1, 0.15) is 36.6 Å². The molecule has 208 valence electrons. The second kappa shape index (κ2) is 11.4. The zero-order valence-electron chi connectivity index (χ0n) is 21.1. The second-order valence-electron chi connectivity index (χ2n) is 8.68. The Labute approximate surface area is 243 Å². The summed E-state index contributed by atoms with van der Waals surface area (Å²) in [6.07, 6.45) is 1.17. The number of nitrogens with zero attached hydrogens (tertiary/aromatic N) is 2. The first-order valence-corrected chi connectivity index (χ1v) is 12.7. The lowest BCUT2D eigenvalue weighted by Crippen LogP contribution is -2.24. The zero-order chi connectivity index (χ0) is 30.0. The number of hydrogen-bond acceptors (Lipinski definition) is 9. The van der Waals surface area contributed by atoms with Gasteiger partial charge in [-0.2, -0.15) is 5.10 Å². The van der Waals surface area contributed by atoms with Crippen molar-refractivity contribution in [1.82, 2.24) is 5.43 Å². The summed E-state index contributed by atoms with van der Waals surface area (Å²) in [5.74, 6) is -3.83. The molecule has 13 heteroatoms. The molecular formula is C29H16BrN3O9. The number of carboxylic acid groups (broad SMARTS) is 1. The average Bonchev–Trinajstić information content (AvgIpc) is 2.97. The third kappa shape index (κ3) is 5.48. The summed E-state index contributed by atoms with van der Waals surface area (Å²) >= 11 is 3.32. The van der Waals surface area contributed by atoms with E-state index >= 15 is 0 Å². The first kappa shape index (κ1) is 27.9. The molecule has 4 aromatic carbocycles. The maximum absolute atomic E-state index is 13.1. The zero-order valence-corrected chi connectivity index (χ0v) is 22.7. The predicted octanol–water partition coefficient (Wildman–Crippen LogP) is 5.30. The van der Waals surface area contributed by atoms with Crippen LogP contribution in [0, 0.1) is 10.1 Å². The molecule has 5 rings (SSSR count). The number of ether oxygens (including phenoxy) is 1. The van der Waals surface area contributed by atoms with Crippen molar-refractivity contribution in [3.63, 3.8) is 0 Å². The highest BCUT2D eigenvalue weighted by molar-refractivity contribution is 9.10. The number of nitro groups is 1. The maximum atomic E-state index is 13.1. The highest BCUT2D eigenvalue weighted by atomic mass is 79.9. The van der Waals surface area contributed by atoms with Gasteiger partial charge in [0.25, 0.3) is 11.6 Å². The molecule has 0 fully saturated rings. The standard InChI is InChI=1S/C29H16BrN3O9/c30-17-9-11-23-16(12-17)13-20(28(37)41-23)26(34)32-31-14-21-18-5-2-1-4-15(18)8-10-24(21)42-29(38)25-19(27(35)36)6-3-7-22(25)33(39)40/h1-14H,(H,32,34)(H,35,36)/b31-14+. The summed E-state index contributed by atoms with van der Waals surface area (Å²) < 4.78 is 11.4. The minimum absolute atomic E-state index is 0.124. The lowest BCUT2D eigenvalue weighted by Gasteiger charge is -2.12. The molecule has 12 nitrogen and oxygen atoms in total. The number of carboxylic acids is 1. The van der Waals surface area contributed by atoms with Crippen LogP contribution in [-0.4, -0.2) is 34.1 Å². The van der Waals surface area contributed by atoms with Crippen LogP contribution in [0.4, 0.5) is 5.69 Å². The van der Waals surface area contributed by atoms with Gasteiger partial charge in [0.2, 0.25) is 0 Å². The van der Waals surface area contributed by atoms with Crippen molar-refractivity contribution in [2.24, 2.45) is 5.10 Å². The lowest BCUT2D eigenvalue weighted by molar-refractivity contribution is -0.385. The van der Waals surface area contributed by atoms with Gasteiger partial charge in [0.05, 0.1) is 16.7 Å². The molecule has 5 aromatic rings. The van der Waals surface area contributed by atoms with E-state index in [1.165, 1.54) is 18.3 Å². The number of carbonyl (C=O) groups is 3. The Morgan fingerprint density at radius 1 is 0.976 bits per heavy atom. The van der Waals surface area contributed by atoms with Gasteiger partial charge in [0.1, 0.15) is 16.9 Å². The van der Waals surface area contributed by atoms with Crippen LogP contribution >= 0.6 is 15.9 Å². The van der Waals surface area contributed by atoms with Crippen LogP contribution in [0.5, 0.6) is 5.75 Å². The van der Waals surface area contributed by atoms with E-state index in [0.29, 0.717) is 20.6 Å². The summed E-state index contributed by atoms with van der Waals surface area (Å²) in [7, 11) is 0. The number of carbonyl (C=O) groups excluding carboxylic acids is 2. The smallest absolute Gasteiger partial charge is 0.351 e. The number of nitro benzene ring substituents is 1. The van der Waals surface area contributed by atoms with Crippen LogP contribution in [0.3, 0.4) is 0 Å². The van der Waals surface area contributed by atoms with Crippen LogP contribution in [-0.2, 0) is 0 Å². The quantitative estimate of drug-likeness (QED) is 0.0603. The van der Waals surface area contributed by atoms with E-state index in [0.717, 1.165) is 18.2 Å². The molecule has 0 aliphatic rings. The molecule has 0 aliphatic heterocycles. The van der Waals surface area contributed by atoms with Gasteiger partial charge in [-0.1, -0.05) is 52.3 Å². The van der Waals surface area contributed by atoms with E-state index in [1.54, 1.807) is 48.5 Å². The summed E-state index contributed by atoms with van der Waals surface area (Å²) in [5.41, 5.74) is -0.566. The predicted molar refractivity (Wildman–Crippen MR) is 154 cm³/mol. The maximum Gasteiger partial charge on any atom is 0.351 e. The number of benzene rings is 4. The molecule has 1 aromatic heterocycles. The molecule has 0 bridgehead atoms. The van der Waals surface area contributed by atoms with Gasteiger partial charge in [-0.3, -0.25) is 14.9 Å². The topological polar surface area (TPSA) is 178 Å². The normalized spacial score (nSPS) is 11.1. The largest absolute Gasteiger partial charge is 0.478 e. The van der Waals surface area contributed by atoms with Gasteiger partial charge < -0.3 is 14.3 Å². The number of amides is 1. The van der Waals surface area contributed by atoms with Crippen molar-refractivity contribution in [3.05, 3.63) is 126 Å². The van der Waals surface area contributed by atoms with E-state index in [4.69, 9.17) is 9.15 Å². The number of rotatable bonds is 7. The molecule has 0 atom stereocenters. The molecule has 42 heavy (non-hydrogen) atoms. The van der Waals surface area contributed by atoms with Gasteiger partial charge in [-0.15, -0.1) is 0 Å². The Kier molecular flexibility index (Phi) is 7.58. The molecule has 0 aliphatic carbocycles. The summed E-state index contributed by atoms with van der Waals surface area (Å²) in [6.45, 7) is 0. The summed E-state index contributed by atoms with van der Waals surface area (Å²) in [6, 6.07) is 19.4. The number of nitrogens with one attached hydrogen (secondary N) is 1. The number of esters is 1. The lowest BCUT2D eigenvalue weighted by atomic mass is 10.0. The summed E-state index contributed by atoms with van der Waals surface area (Å²) in [4.78, 5) is 60.7. The fraction of sp³-hybridized carbons (Fsp3) is 0. The molecule has 0 radical (unpaired) electrons. The molecule has 0 spiro atoms. The Hall–Kier alpha value is -5.69. The van der Waals surface area contributed by atoms with E-state index in [2.05, 4.69) is 26.5 Å². The van der Waals surface area contributed by atoms with Crippen molar-refractivity contribution in [2.45, 2.75) is 0 Å². The van der Waals surface area contributed by atoms with Gasteiger partial charge in [-0.05, 0) is 47.2 Å². The number of fused-ring (bicyclic) bond motifs is 2. The van der Waals surface area contributed by atoms with Crippen molar-refractivity contribution < 1.29 is 33.6 Å². The van der Waals surface area contributed by atoms with E-state index < -0.39 is 45.2 Å².